The smallest absolute Gasteiger partial charge is 0.252 e. The van der Waals surface area contributed by atoms with E-state index < -0.39 is 5.95 Å². The summed E-state index contributed by atoms with van der Waals surface area (Å²) >= 11 is 5.55. The molecule has 0 radical (unpaired) electrons. The zero-order chi connectivity index (χ0) is 14.3. The summed E-state index contributed by atoms with van der Waals surface area (Å²) in [6.07, 6.45) is 7.10. The summed E-state index contributed by atoms with van der Waals surface area (Å²) in [6, 6.07) is 1.25. The van der Waals surface area contributed by atoms with Crippen molar-refractivity contribution in [3.05, 3.63) is 28.8 Å². The third kappa shape index (κ3) is 5.25. The monoisotopic (exact) mass is 283 g/mol. The van der Waals surface area contributed by atoms with Gasteiger partial charge in [-0.25, -0.2) is 4.98 Å². The van der Waals surface area contributed by atoms with E-state index in [1.165, 1.54) is 6.07 Å². The topological polar surface area (TPSA) is 45.2 Å². The Bertz CT molecular complexity index is 487. The number of carbonyl (C=O) groups excluding carboxylic acids is 1. The van der Waals surface area contributed by atoms with Crippen LogP contribution in [0, 0.1) is 18.3 Å². The van der Waals surface area contributed by atoms with Crippen LogP contribution in [0.2, 0.25) is 5.02 Å². The largest absolute Gasteiger partial charge is 0.352 e. The summed E-state index contributed by atoms with van der Waals surface area (Å²) in [5.74, 6) is 1.43. The molecule has 0 fully saturated rings. The van der Waals surface area contributed by atoms with Crippen LogP contribution >= 0.6 is 11.6 Å². The highest BCUT2D eigenvalue weighted by Crippen LogP contribution is 2.13. The van der Waals surface area contributed by atoms with E-state index in [-0.39, 0.29) is 16.5 Å². The number of pyridine rings is 1. The van der Waals surface area contributed by atoms with Crippen molar-refractivity contribution >= 4 is 17.5 Å². The lowest BCUT2D eigenvalue weighted by Crippen LogP contribution is -2.28. The molecule has 0 bridgehead atoms. The van der Waals surface area contributed by atoms with Gasteiger partial charge in [-0.05, 0) is 19.5 Å². The summed E-state index contributed by atoms with van der Waals surface area (Å²) in [4.78, 5) is 17.1. The average molecular weight is 284 g/mol. The minimum atomic E-state index is -0.783. The van der Waals surface area contributed by atoms with E-state index in [0.29, 0.717) is 13.1 Å². The number of halogens is 2. The first-order valence-corrected chi connectivity index (χ1v) is 6.13. The van der Waals surface area contributed by atoms with Gasteiger partial charge in [0.2, 0.25) is 5.95 Å². The van der Waals surface area contributed by atoms with Crippen LogP contribution < -0.4 is 5.32 Å². The SMILES string of the molecule is C#CCN(C)CCCNC(=O)c1cnc(F)c(Cl)c1. The van der Waals surface area contributed by atoms with E-state index in [1.54, 1.807) is 0 Å². The number of aromatic nitrogens is 1. The minimum Gasteiger partial charge on any atom is -0.352 e. The van der Waals surface area contributed by atoms with Gasteiger partial charge in [0.25, 0.3) is 5.91 Å². The molecule has 4 nitrogen and oxygen atoms in total. The van der Waals surface area contributed by atoms with Crippen molar-refractivity contribution in [1.82, 2.24) is 15.2 Å². The molecule has 0 saturated carbocycles. The zero-order valence-corrected chi connectivity index (χ0v) is 11.4. The van der Waals surface area contributed by atoms with Crippen LogP contribution in [0.3, 0.4) is 0 Å². The number of rotatable bonds is 6. The standard InChI is InChI=1S/C13H15ClFN3O/c1-3-6-18(2)7-4-5-16-13(19)10-8-11(14)12(15)17-9-10/h1,8-9H,4-7H2,2H3,(H,16,19). The Morgan fingerprint density at radius 1 is 1.68 bits per heavy atom. The fourth-order valence-corrected chi connectivity index (χ4v) is 1.60. The lowest BCUT2D eigenvalue weighted by Gasteiger charge is -2.13. The summed E-state index contributed by atoms with van der Waals surface area (Å²) in [6.45, 7) is 1.86. The third-order valence-electron chi connectivity index (χ3n) is 2.42. The van der Waals surface area contributed by atoms with Crippen molar-refractivity contribution in [2.45, 2.75) is 6.42 Å². The van der Waals surface area contributed by atoms with Gasteiger partial charge < -0.3 is 5.32 Å². The molecule has 102 valence electrons. The molecule has 0 aliphatic carbocycles. The second kappa shape index (κ2) is 7.72. The van der Waals surface area contributed by atoms with Gasteiger partial charge in [-0.1, -0.05) is 17.5 Å². The Morgan fingerprint density at radius 3 is 3.05 bits per heavy atom. The van der Waals surface area contributed by atoms with Crippen LogP contribution in [0.25, 0.3) is 0 Å². The lowest BCUT2D eigenvalue weighted by atomic mass is 10.2. The molecular formula is C13H15ClFN3O. The zero-order valence-electron chi connectivity index (χ0n) is 10.6. The molecule has 1 aromatic rings. The molecule has 1 rings (SSSR count). The van der Waals surface area contributed by atoms with Crippen molar-refractivity contribution in [1.29, 1.82) is 0 Å². The van der Waals surface area contributed by atoms with Gasteiger partial charge in [-0.2, -0.15) is 4.39 Å². The maximum Gasteiger partial charge on any atom is 0.252 e. The molecule has 1 heterocycles. The second-order valence-corrected chi connectivity index (χ2v) is 4.46. The number of nitrogens with zero attached hydrogens (tertiary/aromatic N) is 2. The van der Waals surface area contributed by atoms with Gasteiger partial charge in [0.15, 0.2) is 0 Å². The molecule has 1 aromatic heterocycles. The molecular weight excluding hydrogens is 269 g/mol. The third-order valence-corrected chi connectivity index (χ3v) is 2.69. The Balaban J connectivity index is 2.35. The Hall–Kier alpha value is -1.64. The second-order valence-electron chi connectivity index (χ2n) is 4.05. The first-order chi connectivity index (χ1) is 9.04. The fourth-order valence-electron chi connectivity index (χ4n) is 1.43. The van der Waals surface area contributed by atoms with Crippen LogP contribution in [0.1, 0.15) is 16.8 Å². The molecule has 6 heteroatoms. The molecule has 0 spiro atoms. The van der Waals surface area contributed by atoms with Gasteiger partial charge >= 0.3 is 0 Å². The predicted molar refractivity (Wildman–Crippen MR) is 72.5 cm³/mol. The van der Waals surface area contributed by atoms with E-state index in [1.807, 2.05) is 11.9 Å². The summed E-state index contributed by atoms with van der Waals surface area (Å²) in [5.41, 5.74) is 0.239. The van der Waals surface area contributed by atoms with E-state index >= 15 is 0 Å². The van der Waals surface area contributed by atoms with Gasteiger partial charge in [0.05, 0.1) is 17.1 Å². The number of hydrogen-bond acceptors (Lipinski definition) is 3. The maximum absolute atomic E-state index is 12.8. The van der Waals surface area contributed by atoms with Gasteiger partial charge in [0.1, 0.15) is 0 Å². The minimum absolute atomic E-state index is 0.165. The van der Waals surface area contributed by atoms with Crippen LogP contribution in [0.5, 0.6) is 0 Å². The van der Waals surface area contributed by atoms with Gasteiger partial charge in [0, 0.05) is 19.3 Å². The quantitative estimate of drug-likeness (QED) is 0.490. The van der Waals surface area contributed by atoms with Crippen molar-refractivity contribution in [3.8, 4) is 12.3 Å². The lowest BCUT2D eigenvalue weighted by molar-refractivity contribution is 0.0951. The first-order valence-electron chi connectivity index (χ1n) is 5.76. The molecule has 0 aromatic carbocycles. The number of terminal acetylenes is 1. The Kier molecular flexibility index (Phi) is 6.26. The highest BCUT2D eigenvalue weighted by atomic mass is 35.5. The number of amides is 1. The van der Waals surface area contributed by atoms with Crippen LogP contribution in [-0.2, 0) is 0 Å². The molecule has 0 aliphatic rings. The highest BCUT2D eigenvalue weighted by Gasteiger charge is 2.09. The van der Waals surface area contributed by atoms with E-state index in [2.05, 4.69) is 16.2 Å². The van der Waals surface area contributed by atoms with Gasteiger partial charge in [-0.15, -0.1) is 6.42 Å². The van der Waals surface area contributed by atoms with Crippen LogP contribution in [0.15, 0.2) is 12.3 Å². The highest BCUT2D eigenvalue weighted by molar-refractivity contribution is 6.30. The number of carbonyl (C=O) groups is 1. The average Bonchev–Trinajstić information content (AvgIpc) is 2.38. The van der Waals surface area contributed by atoms with Crippen LogP contribution in [-0.4, -0.2) is 42.5 Å². The van der Waals surface area contributed by atoms with E-state index in [9.17, 15) is 9.18 Å². The van der Waals surface area contributed by atoms with Crippen molar-refractivity contribution < 1.29 is 9.18 Å². The molecule has 1 amide bonds. The fraction of sp³-hybridized carbons (Fsp3) is 0.385. The van der Waals surface area contributed by atoms with Gasteiger partial charge in [-0.3, -0.25) is 9.69 Å². The van der Waals surface area contributed by atoms with E-state index in [0.717, 1.165) is 19.2 Å². The van der Waals surface area contributed by atoms with Crippen LogP contribution in [0.4, 0.5) is 4.39 Å². The Morgan fingerprint density at radius 2 is 2.42 bits per heavy atom. The summed E-state index contributed by atoms with van der Waals surface area (Å²) < 4.78 is 12.8. The number of nitrogens with one attached hydrogen (secondary N) is 1. The molecule has 19 heavy (non-hydrogen) atoms. The first kappa shape index (κ1) is 15.4. The maximum atomic E-state index is 12.8. The Labute approximate surface area is 117 Å². The summed E-state index contributed by atoms with van der Waals surface area (Å²) in [7, 11) is 1.91. The molecule has 0 atom stereocenters. The number of hydrogen-bond donors (Lipinski definition) is 1. The summed E-state index contributed by atoms with van der Waals surface area (Å²) in [5, 5.41) is 2.54. The van der Waals surface area contributed by atoms with E-state index in [4.69, 9.17) is 18.0 Å². The van der Waals surface area contributed by atoms with Crippen molar-refractivity contribution in [2.75, 3.05) is 26.7 Å². The predicted octanol–water partition coefficient (Wildman–Crippen LogP) is 1.56. The van der Waals surface area contributed by atoms with Crippen molar-refractivity contribution in [3.63, 3.8) is 0 Å². The normalized spacial score (nSPS) is 10.3. The molecule has 0 unspecified atom stereocenters. The molecule has 0 aliphatic heterocycles. The van der Waals surface area contributed by atoms with Crippen molar-refractivity contribution in [2.24, 2.45) is 0 Å². The molecule has 0 saturated heterocycles. The molecule has 1 N–H and O–H groups in total.